The van der Waals surface area contributed by atoms with Gasteiger partial charge in [0.05, 0.1) is 0 Å². The Kier molecular flexibility index (Phi) is 6.64. The molecule has 1 atom stereocenters. The molecule has 0 saturated carbocycles. The third-order valence-electron chi connectivity index (χ3n) is 3.05. The lowest BCUT2D eigenvalue weighted by Gasteiger charge is -2.17. The Labute approximate surface area is 106 Å². The summed E-state index contributed by atoms with van der Waals surface area (Å²) in [5, 5.41) is 3.58. The summed E-state index contributed by atoms with van der Waals surface area (Å²) in [6.07, 6.45) is 6.44. The second-order valence-electron chi connectivity index (χ2n) is 4.55. The van der Waals surface area contributed by atoms with Crippen molar-refractivity contribution in [3.63, 3.8) is 0 Å². The van der Waals surface area contributed by atoms with Gasteiger partial charge in [-0.1, -0.05) is 44.2 Å². The molecular weight excluding hydrogens is 206 g/mol. The molecule has 1 aromatic rings. The van der Waals surface area contributed by atoms with Crippen LogP contribution in [0.4, 0.5) is 0 Å². The van der Waals surface area contributed by atoms with E-state index in [0.717, 1.165) is 25.8 Å². The number of aryl methyl sites for hydroxylation is 1. The molecule has 0 radical (unpaired) electrons. The molecule has 0 bridgehead atoms. The highest BCUT2D eigenvalue weighted by molar-refractivity contribution is 5.23. The highest BCUT2D eigenvalue weighted by Crippen LogP contribution is 2.09. The van der Waals surface area contributed by atoms with Gasteiger partial charge in [-0.25, -0.2) is 0 Å². The predicted octanol–water partition coefficient (Wildman–Crippen LogP) is 3.74. The fraction of sp³-hybridized carbons (Fsp3) is 0.500. The molecule has 0 fully saturated rings. The molecule has 0 amide bonds. The molecule has 0 saturated heterocycles. The maximum atomic E-state index is 3.84. The Bertz CT molecular complexity index is 313. The normalized spacial score (nSPS) is 12.4. The quantitative estimate of drug-likeness (QED) is 0.672. The van der Waals surface area contributed by atoms with E-state index in [1.54, 1.807) is 0 Å². The summed E-state index contributed by atoms with van der Waals surface area (Å²) < 4.78 is 0. The molecule has 1 heteroatoms. The minimum absolute atomic E-state index is 0.528. The first-order valence-electron chi connectivity index (χ1n) is 6.72. The molecule has 0 spiro atoms. The lowest BCUT2D eigenvalue weighted by atomic mass is 10.0. The van der Waals surface area contributed by atoms with Crippen molar-refractivity contribution >= 4 is 0 Å². The zero-order valence-corrected chi connectivity index (χ0v) is 11.2. The molecule has 1 nitrogen and oxygen atoms in total. The van der Waals surface area contributed by atoms with Crippen molar-refractivity contribution in [1.82, 2.24) is 5.32 Å². The van der Waals surface area contributed by atoms with Crippen LogP contribution in [0.3, 0.4) is 0 Å². The smallest absolute Gasteiger partial charge is 0.0142 e. The van der Waals surface area contributed by atoms with Crippen molar-refractivity contribution in [2.75, 3.05) is 6.54 Å². The van der Waals surface area contributed by atoms with Crippen LogP contribution in [-0.2, 0) is 12.8 Å². The largest absolute Gasteiger partial charge is 0.313 e. The van der Waals surface area contributed by atoms with Gasteiger partial charge in [-0.15, -0.1) is 6.58 Å². The van der Waals surface area contributed by atoms with E-state index in [9.17, 15) is 0 Å². The molecule has 0 aliphatic rings. The number of hydrogen-bond donors (Lipinski definition) is 1. The minimum Gasteiger partial charge on any atom is -0.313 e. The molecule has 1 unspecified atom stereocenters. The minimum atomic E-state index is 0.528. The van der Waals surface area contributed by atoms with Crippen molar-refractivity contribution in [2.45, 2.75) is 45.6 Å². The van der Waals surface area contributed by atoms with Crippen molar-refractivity contribution in [3.8, 4) is 0 Å². The van der Waals surface area contributed by atoms with Crippen LogP contribution in [0, 0.1) is 0 Å². The highest BCUT2D eigenvalue weighted by Gasteiger charge is 2.06. The first-order valence-corrected chi connectivity index (χ1v) is 6.72. The van der Waals surface area contributed by atoms with Gasteiger partial charge in [0.15, 0.2) is 0 Å². The second kappa shape index (κ2) is 8.08. The maximum absolute atomic E-state index is 3.84. The number of rotatable bonds is 8. The van der Waals surface area contributed by atoms with Gasteiger partial charge in [0.2, 0.25) is 0 Å². The van der Waals surface area contributed by atoms with Crippen LogP contribution >= 0.6 is 0 Å². The van der Waals surface area contributed by atoms with Crippen molar-refractivity contribution in [2.24, 2.45) is 0 Å². The van der Waals surface area contributed by atoms with Crippen molar-refractivity contribution < 1.29 is 0 Å². The zero-order valence-electron chi connectivity index (χ0n) is 11.2. The standard InChI is InChI=1S/C16H25N/c1-4-7-16(17-12-5-2)13-15-10-8-14(6-3)9-11-15/h4,8-11,16-17H,1,5-7,12-13H2,2-3H3. The first kappa shape index (κ1) is 14.0. The van der Waals surface area contributed by atoms with E-state index < -0.39 is 0 Å². The van der Waals surface area contributed by atoms with Gasteiger partial charge in [0.25, 0.3) is 0 Å². The molecule has 1 aromatic carbocycles. The fourth-order valence-electron chi connectivity index (χ4n) is 1.98. The Morgan fingerprint density at radius 1 is 1.18 bits per heavy atom. The lowest BCUT2D eigenvalue weighted by molar-refractivity contribution is 0.512. The van der Waals surface area contributed by atoms with E-state index in [1.165, 1.54) is 17.5 Å². The third-order valence-corrected chi connectivity index (χ3v) is 3.05. The van der Waals surface area contributed by atoms with Crippen LogP contribution in [0.5, 0.6) is 0 Å². The van der Waals surface area contributed by atoms with Gasteiger partial charge in [-0.05, 0) is 43.4 Å². The van der Waals surface area contributed by atoms with Gasteiger partial charge >= 0.3 is 0 Å². The molecular formula is C16H25N. The van der Waals surface area contributed by atoms with Gasteiger partial charge in [0.1, 0.15) is 0 Å². The van der Waals surface area contributed by atoms with E-state index in [2.05, 4.69) is 50.0 Å². The Hall–Kier alpha value is -1.08. The van der Waals surface area contributed by atoms with E-state index >= 15 is 0 Å². The number of nitrogens with one attached hydrogen (secondary N) is 1. The van der Waals surface area contributed by atoms with Gasteiger partial charge in [-0.2, -0.15) is 0 Å². The lowest BCUT2D eigenvalue weighted by Crippen LogP contribution is -2.31. The van der Waals surface area contributed by atoms with Crippen molar-refractivity contribution in [1.29, 1.82) is 0 Å². The first-order chi connectivity index (χ1) is 8.30. The molecule has 0 aliphatic heterocycles. The summed E-state index contributed by atoms with van der Waals surface area (Å²) in [4.78, 5) is 0. The summed E-state index contributed by atoms with van der Waals surface area (Å²) in [5.74, 6) is 0. The van der Waals surface area contributed by atoms with E-state index in [-0.39, 0.29) is 0 Å². The van der Waals surface area contributed by atoms with Crippen LogP contribution in [0.15, 0.2) is 36.9 Å². The van der Waals surface area contributed by atoms with Crippen LogP contribution in [0.1, 0.15) is 37.8 Å². The molecule has 0 aliphatic carbocycles. The highest BCUT2D eigenvalue weighted by atomic mass is 14.9. The molecule has 1 N–H and O–H groups in total. The Balaban J connectivity index is 2.54. The van der Waals surface area contributed by atoms with Gasteiger partial charge < -0.3 is 5.32 Å². The Morgan fingerprint density at radius 3 is 2.35 bits per heavy atom. The second-order valence-corrected chi connectivity index (χ2v) is 4.55. The monoisotopic (exact) mass is 231 g/mol. The summed E-state index contributed by atoms with van der Waals surface area (Å²) in [7, 11) is 0. The van der Waals surface area contributed by atoms with Gasteiger partial charge in [0, 0.05) is 6.04 Å². The molecule has 1 rings (SSSR count). The number of hydrogen-bond acceptors (Lipinski definition) is 1. The summed E-state index contributed by atoms with van der Waals surface area (Å²) in [6.45, 7) is 9.32. The third kappa shape index (κ3) is 5.18. The predicted molar refractivity (Wildman–Crippen MR) is 76.4 cm³/mol. The molecule has 94 valence electrons. The van der Waals surface area contributed by atoms with Crippen LogP contribution in [0.25, 0.3) is 0 Å². The number of benzene rings is 1. The molecule has 0 heterocycles. The molecule has 17 heavy (non-hydrogen) atoms. The van der Waals surface area contributed by atoms with Gasteiger partial charge in [-0.3, -0.25) is 0 Å². The fourth-order valence-corrected chi connectivity index (χ4v) is 1.98. The van der Waals surface area contributed by atoms with Crippen LogP contribution in [0.2, 0.25) is 0 Å². The summed E-state index contributed by atoms with van der Waals surface area (Å²) >= 11 is 0. The average Bonchev–Trinajstić information content (AvgIpc) is 2.37. The SMILES string of the molecule is C=CCC(Cc1ccc(CC)cc1)NCCC. The van der Waals surface area contributed by atoms with Crippen LogP contribution < -0.4 is 5.32 Å². The Morgan fingerprint density at radius 2 is 1.82 bits per heavy atom. The van der Waals surface area contributed by atoms with Crippen LogP contribution in [-0.4, -0.2) is 12.6 Å². The topological polar surface area (TPSA) is 12.0 Å². The van der Waals surface area contributed by atoms with Crippen molar-refractivity contribution in [3.05, 3.63) is 48.0 Å². The summed E-state index contributed by atoms with van der Waals surface area (Å²) in [6, 6.07) is 9.51. The van der Waals surface area contributed by atoms with E-state index in [0.29, 0.717) is 6.04 Å². The maximum Gasteiger partial charge on any atom is 0.0142 e. The van der Waals surface area contributed by atoms with E-state index in [4.69, 9.17) is 0 Å². The zero-order chi connectivity index (χ0) is 12.5. The molecule has 0 aromatic heterocycles. The summed E-state index contributed by atoms with van der Waals surface area (Å²) in [5.41, 5.74) is 2.83. The van der Waals surface area contributed by atoms with E-state index in [1.807, 2.05) is 6.08 Å². The average molecular weight is 231 g/mol.